The number of piperidine rings is 1. The van der Waals surface area contributed by atoms with Crippen molar-refractivity contribution in [3.8, 4) is 0 Å². The van der Waals surface area contributed by atoms with Crippen LogP contribution in [0.3, 0.4) is 0 Å². The van der Waals surface area contributed by atoms with E-state index in [1.807, 2.05) is 27.0 Å². The van der Waals surface area contributed by atoms with Crippen LogP contribution in [0.15, 0.2) is 26.5 Å². The lowest BCUT2D eigenvalue weighted by Crippen LogP contribution is -2.54. The van der Waals surface area contributed by atoms with E-state index in [9.17, 15) is 52.7 Å². The lowest BCUT2D eigenvalue weighted by molar-refractivity contribution is -0.133. The van der Waals surface area contributed by atoms with E-state index in [-0.39, 0.29) is 61.6 Å². The van der Waals surface area contributed by atoms with Gasteiger partial charge in [-0.2, -0.15) is 0 Å². The highest BCUT2D eigenvalue weighted by Gasteiger charge is 2.28. The van der Waals surface area contributed by atoms with Gasteiger partial charge in [0.15, 0.2) is 0 Å². The molecule has 0 radical (unpaired) electrons. The minimum absolute atomic E-state index is 0.00671. The van der Waals surface area contributed by atoms with Crippen LogP contribution in [0.2, 0.25) is 0 Å². The highest BCUT2D eigenvalue weighted by Crippen LogP contribution is 2.31. The summed E-state index contributed by atoms with van der Waals surface area (Å²) in [6.45, 7) is 12.2. The molecule has 4 rings (SSSR count). The third kappa shape index (κ3) is 37.1. The zero-order valence-corrected chi connectivity index (χ0v) is 66.0. The minimum Gasteiger partial charge on any atom is -0.368 e. The number of pyridine rings is 1. The van der Waals surface area contributed by atoms with Gasteiger partial charge in [-0.3, -0.25) is 72.2 Å². The van der Waals surface area contributed by atoms with Gasteiger partial charge in [0.2, 0.25) is 59.1 Å². The Morgan fingerprint density at radius 1 is 0.566 bits per heavy atom. The first kappa shape index (κ1) is 91.2. The first-order chi connectivity index (χ1) is 51.2. The van der Waals surface area contributed by atoms with Gasteiger partial charge in [0.1, 0.15) is 52.3 Å². The van der Waals surface area contributed by atoms with Gasteiger partial charge in [0, 0.05) is 54.9 Å². The molecule has 5 unspecified atom stereocenters. The number of carbonyl (C=O) groups excluding carboxylic acids is 10. The molecule has 3 aromatic heterocycles. The van der Waals surface area contributed by atoms with Crippen LogP contribution in [-0.2, 0) is 61.0 Å². The van der Waals surface area contributed by atoms with Gasteiger partial charge in [0.05, 0.1) is 30.9 Å². The summed E-state index contributed by atoms with van der Waals surface area (Å²) in [5.41, 5.74) is 13.1. The molecule has 1 fully saturated rings. The van der Waals surface area contributed by atoms with Crippen molar-refractivity contribution < 1.29 is 47.9 Å². The van der Waals surface area contributed by atoms with Crippen molar-refractivity contribution in [3.63, 3.8) is 0 Å². The molecule has 31 nitrogen and oxygen atoms in total. The van der Waals surface area contributed by atoms with Crippen LogP contribution in [0.25, 0.3) is 20.4 Å². The number of nitrogens with two attached hydrogens (primary N) is 2. The van der Waals surface area contributed by atoms with Crippen molar-refractivity contribution >= 4 is 112 Å². The Morgan fingerprint density at radius 3 is 1.71 bits per heavy atom. The molecule has 10 amide bonds. The first-order valence-corrected chi connectivity index (χ1v) is 40.3. The van der Waals surface area contributed by atoms with Gasteiger partial charge in [-0.1, -0.05) is 46.5 Å². The highest BCUT2D eigenvalue weighted by atomic mass is 79.9. The van der Waals surface area contributed by atoms with Crippen molar-refractivity contribution in [1.82, 2.24) is 88.6 Å². The van der Waals surface area contributed by atoms with E-state index in [2.05, 4.69) is 107 Å². The van der Waals surface area contributed by atoms with Gasteiger partial charge in [0.25, 0.3) is 5.56 Å². The molecule has 17 N–H and O–H groups in total. The first-order valence-electron chi connectivity index (χ1n) is 38.7. The van der Waals surface area contributed by atoms with Gasteiger partial charge < -0.3 is 80.6 Å². The number of halogens is 1. The molecule has 3 aromatic rings. The molecular formula is C73H125BrN20O11S. The second kappa shape index (κ2) is 54.4. The second-order valence-electron chi connectivity index (χ2n) is 27.2. The van der Waals surface area contributed by atoms with E-state index >= 15 is 0 Å². The number of fused-ring (bicyclic) bond motifs is 3. The Balaban J connectivity index is 1.20. The zero-order valence-electron chi connectivity index (χ0n) is 63.6. The minimum atomic E-state index is -1.12. The SMILES string of the molecule is CCCNCCCC(CNCCCCCC(=O)NC(CCCCNC)C(=O)NCC(=O)NC(CCCNC)C(=O)NCC(=O)NC(CCCN=C(CC)CC)C(=O)NCC(=O)NC(CCCCN)C(N)=O)NC(=O)CCCCCCNC(=O)Cn1c(CN2CCCCC2)nc2c(sc3cc(Br)cnc32)c1=O. The van der Waals surface area contributed by atoms with E-state index < -0.39 is 85.2 Å². The Hall–Kier alpha value is -7.14. The van der Waals surface area contributed by atoms with E-state index in [1.165, 1.54) is 22.3 Å². The van der Waals surface area contributed by atoms with Gasteiger partial charge in [-0.15, -0.1) is 11.3 Å². The molecule has 5 atom stereocenters. The number of carbonyl (C=O) groups is 10. The van der Waals surface area contributed by atoms with Crippen LogP contribution in [0, 0.1) is 0 Å². The summed E-state index contributed by atoms with van der Waals surface area (Å²) in [4.78, 5) is 163. The lowest BCUT2D eigenvalue weighted by atomic mass is 10.1. The topological polar surface area (TPSA) is 443 Å². The van der Waals surface area contributed by atoms with Crippen LogP contribution in [0.5, 0.6) is 0 Å². The summed E-state index contributed by atoms with van der Waals surface area (Å²) in [5.74, 6) is -4.68. The molecule has 0 bridgehead atoms. The molecule has 0 saturated carbocycles. The highest BCUT2D eigenvalue weighted by molar-refractivity contribution is 9.10. The van der Waals surface area contributed by atoms with E-state index in [0.717, 1.165) is 125 Å². The molecule has 33 heteroatoms. The summed E-state index contributed by atoms with van der Waals surface area (Å²) >= 11 is 4.82. The average Bonchev–Trinajstić information content (AvgIpc) is 1.60. The molecule has 1 aliphatic heterocycles. The zero-order chi connectivity index (χ0) is 77.3. The summed E-state index contributed by atoms with van der Waals surface area (Å²) in [7, 11) is 3.56. The Labute approximate surface area is 638 Å². The number of primary amides is 1. The van der Waals surface area contributed by atoms with Crippen LogP contribution in [0.4, 0.5) is 0 Å². The van der Waals surface area contributed by atoms with Gasteiger partial charge >= 0.3 is 0 Å². The summed E-state index contributed by atoms with van der Waals surface area (Å²) in [6.07, 6.45) is 19.4. The van der Waals surface area contributed by atoms with Crippen molar-refractivity contribution in [2.24, 2.45) is 16.5 Å². The fraction of sp³-hybridized carbons (Fsp3) is 0.726. The van der Waals surface area contributed by atoms with Crippen molar-refractivity contribution in [1.29, 1.82) is 0 Å². The molecular weight excluding hydrogens is 1440 g/mol. The number of hydrogen-bond acceptors (Lipinski definition) is 21. The van der Waals surface area contributed by atoms with Crippen molar-refractivity contribution in [3.05, 3.63) is 32.9 Å². The Morgan fingerprint density at radius 2 is 1.09 bits per heavy atom. The number of nitrogens with one attached hydrogen (secondary N) is 13. The standard InChI is InChI=1S/C73H125BrN20O11S/c1-6-34-79-38-23-26-53(87-60(95)31-13-9-10-19-39-82-65(100)50-94-59(49-93-41-21-12-22-42-93)92-67-66-58(43-51(74)44-83-66)106-68(67)73(94)105)45-80-37-18-11-14-32-61(96)89-55(28-16-20-35-77-4)70(102)85-47-63(98)90-56(29-24-36-78-5)71(103)86-48-64(99)91-57(30-25-40-81-52(7-2)8-3)72(104)84-46-62(97)88-54(69(76)101)27-15-17-33-75/h43-44,53-57,77-80H,6-42,45-50,75H2,1-5H3,(H2,76,101)(H,82,100)(H,84,104)(H,85,102)(H,86,103)(H,87,95)(H,88,97)(H,89,96)(H,90,98)(H,91,99). The molecule has 1 aliphatic rings. The maximum atomic E-state index is 14.0. The van der Waals surface area contributed by atoms with Crippen LogP contribution < -0.4 is 86.1 Å². The maximum absolute atomic E-state index is 14.0. The number of rotatable bonds is 59. The van der Waals surface area contributed by atoms with Crippen LogP contribution in [-0.4, -0.2) is 220 Å². The number of aromatic nitrogens is 3. The van der Waals surface area contributed by atoms with Crippen molar-refractivity contribution in [2.45, 2.75) is 237 Å². The molecule has 0 aromatic carbocycles. The number of nitrogens with zero attached hydrogens (tertiary/aromatic N) is 5. The van der Waals surface area contributed by atoms with Crippen molar-refractivity contribution in [2.75, 3.05) is 106 Å². The van der Waals surface area contributed by atoms with Crippen LogP contribution >= 0.6 is 27.3 Å². The molecule has 106 heavy (non-hydrogen) atoms. The van der Waals surface area contributed by atoms with Gasteiger partial charge in [-0.25, -0.2) is 4.98 Å². The predicted molar refractivity (Wildman–Crippen MR) is 420 cm³/mol. The monoisotopic (exact) mass is 1570 g/mol. The van der Waals surface area contributed by atoms with E-state index in [1.54, 1.807) is 13.2 Å². The Bertz CT molecular complexity index is 3270. The number of thiophene rings is 1. The third-order valence-corrected chi connectivity index (χ3v) is 19.9. The number of likely N-dealkylation sites (tertiary alicyclic amines) is 1. The number of aliphatic imine (C=N–C) groups is 1. The largest absolute Gasteiger partial charge is 0.368 e. The summed E-state index contributed by atoms with van der Waals surface area (Å²) in [5, 5.41) is 37.7. The molecule has 0 aliphatic carbocycles. The van der Waals surface area contributed by atoms with Gasteiger partial charge in [-0.05, 0) is 223 Å². The predicted octanol–water partition coefficient (Wildman–Crippen LogP) is 2.57. The fourth-order valence-electron chi connectivity index (χ4n) is 12.3. The third-order valence-electron chi connectivity index (χ3n) is 18.3. The van der Waals surface area contributed by atoms with E-state index in [0.29, 0.717) is 132 Å². The van der Waals surface area contributed by atoms with E-state index in [4.69, 9.17) is 16.5 Å². The molecule has 596 valence electrons. The summed E-state index contributed by atoms with van der Waals surface area (Å²) in [6, 6.07) is -2.24. The quantitative estimate of drug-likeness (QED) is 0.0285. The number of hydrogen-bond donors (Lipinski definition) is 15. The maximum Gasteiger partial charge on any atom is 0.272 e. The smallest absolute Gasteiger partial charge is 0.272 e. The van der Waals surface area contributed by atoms with Crippen LogP contribution in [0.1, 0.15) is 200 Å². The average molecular weight is 1570 g/mol. The Kier molecular flexibility index (Phi) is 46.9. The summed E-state index contributed by atoms with van der Waals surface area (Å²) < 4.78 is 3.68. The number of amides is 10. The molecule has 4 heterocycles. The molecule has 0 spiro atoms. The number of unbranched alkanes of at least 4 members (excludes halogenated alkanes) is 7. The normalized spacial score (nSPS) is 13.7. The second-order valence-corrected chi connectivity index (χ2v) is 29.2. The lowest BCUT2D eigenvalue weighted by Gasteiger charge is -2.27. The molecule has 1 saturated heterocycles. The fourth-order valence-corrected chi connectivity index (χ4v) is 13.9.